The van der Waals surface area contributed by atoms with Crippen molar-refractivity contribution in [1.82, 2.24) is 9.78 Å². The highest BCUT2D eigenvalue weighted by Crippen LogP contribution is 2.26. The summed E-state index contributed by atoms with van der Waals surface area (Å²) in [6, 6.07) is 7.32. The summed E-state index contributed by atoms with van der Waals surface area (Å²) in [7, 11) is 1.91. The molecule has 1 N–H and O–H groups in total. The monoisotopic (exact) mass is 246 g/mol. The van der Waals surface area contributed by atoms with Crippen molar-refractivity contribution >= 4 is 0 Å². The van der Waals surface area contributed by atoms with Crippen LogP contribution in [0, 0.1) is 6.92 Å². The Bertz CT molecular complexity index is 547. The summed E-state index contributed by atoms with van der Waals surface area (Å²) in [5, 5.41) is 14.0. The third kappa shape index (κ3) is 2.47. The van der Waals surface area contributed by atoms with E-state index in [4.69, 9.17) is 4.74 Å². The predicted octanol–water partition coefficient (Wildman–Crippen LogP) is 2.58. The number of ether oxygens (including phenoxy) is 1. The minimum Gasteiger partial charge on any atom is -0.508 e. The number of nitrogens with zero attached hydrogens (tertiary/aromatic N) is 2. The quantitative estimate of drug-likeness (QED) is 0.902. The highest BCUT2D eigenvalue weighted by Gasteiger charge is 2.07. The molecule has 0 aliphatic heterocycles. The maximum Gasteiger partial charge on any atom is 0.130 e. The second-order valence-electron chi connectivity index (χ2n) is 4.29. The fourth-order valence-corrected chi connectivity index (χ4v) is 1.79. The number of rotatable bonds is 4. The molecule has 0 fully saturated rings. The molecule has 0 saturated carbocycles. The van der Waals surface area contributed by atoms with Crippen LogP contribution in [0.5, 0.6) is 11.5 Å². The standard InChI is InChI=1S/C14H18N2O2/c1-4-11-8-12(16(3)15-11)9-18-14-7-5-6-13(17)10(14)2/h5-8,17H,4,9H2,1-3H3. The fraction of sp³-hybridized carbons (Fsp3) is 0.357. The van der Waals surface area contributed by atoms with E-state index in [9.17, 15) is 5.11 Å². The molecule has 4 heteroatoms. The maximum atomic E-state index is 9.60. The van der Waals surface area contributed by atoms with Crippen molar-refractivity contribution in [3.8, 4) is 11.5 Å². The largest absolute Gasteiger partial charge is 0.508 e. The van der Waals surface area contributed by atoms with Crippen LogP contribution in [0.2, 0.25) is 0 Å². The van der Waals surface area contributed by atoms with Gasteiger partial charge in [0.05, 0.1) is 11.4 Å². The molecule has 96 valence electrons. The van der Waals surface area contributed by atoms with Crippen LogP contribution in [0.1, 0.15) is 23.9 Å². The maximum absolute atomic E-state index is 9.60. The van der Waals surface area contributed by atoms with Gasteiger partial charge in [0.1, 0.15) is 18.1 Å². The topological polar surface area (TPSA) is 47.3 Å². The molecular weight excluding hydrogens is 228 g/mol. The molecule has 0 atom stereocenters. The van der Waals surface area contributed by atoms with E-state index in [0.29, 0.717) is 12.4 Å². The van der Waals surface area contributed by atoms with Crippen LogP contribution in [0.25, 0.3) is 0 Å². The number of aromatic nitrogens is 2. The molecule has 0 aliphatic carbocycles. The Hall–Kier alpha value is -1.97. The first-order chi connectivity index (χ1) is 8.61. The third-order valence-corrected chi connectivity index (χ3v) is 3.02. The van der Waals surface area contributed by atoms with E-state index in [2.05, 4.69) is 12.0 Å². The second kappa shape index (κ2) is 5.12. The van der Waals surface area contributed by atoms with Gasteiger partial charge >= 0.3 is 0 Å². The summed E-state index contributed by atoms with van der Waals surface area (Å²) in [5.74, 6) is 0.959. The number of aryl methyl sites for hydroxylation is 2. The molecule has 1 heterocycles. The normalized spacial score (nSPS) is 10.6. The van der Waals surface area contributed by atoms with Crippen molar-refractivity contribution in [3.05, 3.63) is 41.2 Å². The lowest BCUT2D eigenvalue weighted by Crippen LogP contribution is -2.03. The molecule has 1 aromatic heterocycles. The Morgan fingerprint density at radius 2 is 2.17 bits per heavy atom. The van der Waals surface area contributed by atoms with Crippen molar-refractivity contribution < 1.29 is 9.84 Å². The molecule has 0 spiro atoms. The minimum atomic E-state index is 0.256. The zero-order valence-corrected chi connectivity index (χ0v) is 11.0. The molecule has 0 bridgehead atoms. The Balaban J connectivity index is 2.11. The van der Waals surface area contributed by atoms with E-state index in [-0.39, 0.29) is 5.75 Å². The summed E-state index contributed by atoms with van der Waals surface area (Å²) in [6.45, 7) is 4.37. The van der Waals surface area contributed by atoms with Crippen molar-refractivity contribution in [1.29, 1.82) is 0 Å². The second-order valence-corrected chi connectivity index (χ2v) is 4.29. The number of phenolic OH excluding ortho intramolecular Hbond substituents is 1. The van der Waals surface area contributed by atoms with Crippen LogP contribution in [-0.4, -0.2) is 14.9 Å². The minimum absolute atomic E-state index is 0.256. The Morgan fingerprint density at radius 1 is 1.39 bits per heavy atom. The Morgan fingerprint density at radius 3 is 2.83 bits per heavy atom. The Labute approximate surface area is 107 Å². The van der Waals surface area contributed by atoms with Crippen molar-refractivity contribution in [2.45, 2.75) is 26.9 Å². The lowest BCUT2D eigenvalue weighted by molar-refractivity contribution is 0.291. The first-order valence-electron chi connectivity index (χ1n) is 6.05. The van der Waals surface area contributed by atoms with Gasteiger partial charge in [-0.25, -0.2) is 0 Å². The predicted molar refractivity (Wildman–Crippen MR) is 69.8 cm³/mol. The molecule has 0 amide bonds. The first-order valence-corrected chi connectivity index (χ1v) is 6.05. The summed E-state index contributed by atoms with van der Waals surface area (Å²) >= 11 is 0. The SMILES string of the molecule is CCc1cc(COc2cccc(O)c2C)n(C)n1. The molecule has 0 unspecified atom stereocenters. The van der Waals surface area contributed by atoms with Gasteiger partial charge in [-0.1, -0.05) is 13.0 Å². The van der Waals surface area contributed by atoms with Gasteiger partial charge in [-0.15, -0.1) is 0 Å². The third-order valence-electron chi connectivity index (χ3n) is 3.02. The highest BCUT2D eigenvalue weighted by molar-refractivity contribution is 5.42. The van der Waals surface area contributed by atoms with Crippen LogP contribution < -0.4 is 4.74 Å². The summed E-state index contributed by atoms with van der Waals surface area (Å²) in [5.41, 5.74) is 2.84. The van der Waals surface area contributed by atoms with Crippen molar-refractivity contribution in [3.63, 3.8) is 0 Å². The first kappa shape index (κ1) is 12.5. The molecule has 1 aromatic carbocycles. The average molecular weight is 246 g/mol. The highest BCUT2D eigenvalue weighted by atomic mass is 16.5. The molecule has 18 heavy (non-hydrogen) atoms. The van der Waals surface area contributed by atoms with Gasteiger partial charge in [-0.05, 0) is 31.5 Å². The van der Waals surface area contributed by atoms with E-state index in [1.54, 1.807) is 12.1 Å². The van der Waals surface area contributed by atoms with Crippen molar-refractivity contribution in [2.24, 2.45) is 7.05 Å². The van der Waals surface area contributed by atoms with Gasteiger partial charge in [0.25, 0.3) is 0 Å². The molecule has 4 nitrogen and oxygen atoms in total. The van der Waals surface area contributed by atoms with Crippen LogP contribution in [0.4, 0.5) is 0 Å². The van der Waals surface area contributed by atoms with Gasteiger partial charge in [0.15, 0.2) is 0 Å². The lowest BCUT2D eigenvalue weighted by atomic mass is 10.2. The van der Waals surface area contributed by atoms with Gasteiger partial charge in [0.2, 0.25) is 0 Å². The molecule has 0 radical (unpaired) electrons. The van der Waals surface area contributed by atoms with E-state index in [1.165, 1.54) is 0 Å². The Kier molecular flexibility index (Phi) is 3.55. The molecule has 0 saturated heterocycles. The van der Waals surface area contributed by atoms with Crippen LogP contribution in [0.15, 0.2) is 24.3 Å². The zero-order chi connectivity index (χ0) is 13.1. The summed E-state index contributed by atoms with van der Waals surface area (Å²) in [6.07, 6.45) is 0.916. The van der Waals surface area contributed by atoms with Gasteiger partial charge in [0, 0.05) is 12.6 Å². The molecular formula is C14H18N2O2. The molecule has 2 aromatic rings. The van der Waals surface area contributed by atoms with E-state index < -0.39 is 0 Å². The van der Waals surface area contributed by atoms with E-state index >= 15 is 0 Å². The number of benzene rings is 1. The smallest absolute Gasteiger partial charge is 0.130 e. The number of hydrogen-bond acceptors (Lipinski definition) is 3. The van der Waals surface area contributed by atoms with Crippen LogP contribution >= 0.6 is 0 Å². The van der Waals surface area contributed by atoms with Gasteiger partial charge < -0.3 is 9.84 Å². The van der Waals surface area contributed by atoms with E-state index in [0.717, 1.165) is 23.4 Å². The van der Waals surface area contributed by atoms with Crippen LogP contribution in [0.3, 0.4) is 0 Å². The number of aromatic hydroxyl groups is 1. The van der Waals surface area contributed by atoms with Gasteiger partial charge in [-0.2, -0.15) is 5.10 Å². The summed E-state index contributed by atoms with van der Waals surface area (Å²) < 4.78 is 7.55. The average Bonchev–Trinajstić information content (AvgIpc) is 2.72. The van der Waals surface area contributed by atoms with Crippen molar-refractivity contribution in [2.75, 3.05) is 0 Å². The summed E-state index contributed by atoms with van der Waals surface area (Å²) in [4.78, 5) is 0. The van der Waals surface area contributed by atoms with Crippen LogP contribution in [-0.2, 0) is 20.1 Å². The van der Waals surface area contributed by atoms with E-state index in [1.807, 2.05) is 30.8 Å². The molecule has 2 rings (SSSR count). The number of hydrogen-bond donors (Lipinski definition) is 1. The molecule has 0 aliphatic rings. The number of phenols is 1. The fourth-order valence-electron chi connectivity index (χ4n) is 1.79. The lowest BCUT2D eigenvalue weighted by Gasteiger charge is -2.09. The van der Waals surface area contributed by atoms with Gasteiger partial charge in [-0.3, -0.25) is 4.68 Å². The zero-order valence-electron chi connectivity index (χ0n) is 11.0.